The third kappa shape index (κ3) is 6.16. The van der Waals surface area contributed by atoms with Gasteiger partial charge in [-0.15, -0.1) is 0 Å². The quantitative estimate of drug-likeness (QED) is 0.392. The van der Waals surface area contributed by atoms with E-state index in [1.165, 1.54) is 38.2 Å². The molecule has 0 unspecified atom stereocenters. The van der Waals surface area contributed by atoms with Gasteiger partial charge in [-0.1, -0.05) is 75.8 Å². The molecule has 24 heavy (non-hydrogen) atoms. The Hall–Kier alpha value is -0.390. The third-order valence-electron chi connectivity index (χ3n) is 4.27. The molecule has 0 heterocycles. The van der Waals surface area contributed by atoms with E-state index in [1.807, 2.05) is 24.3 Å². The summed E-state index contributed by atoms with van der Waals surface area (Å²) >= 11 is 0. The van der Waals surface area contributed by atoms with E-state index in [2.05, 4.69) is 6.92 Å². The first kappa shape index (κ1) is 21.7. The van der Waals surface area contributed by atoms with Crippen LogP contribution in [-0.2, 0) is 16.5 Å². The van der Waals surface area contributed by atoms with Crippen LogP contribution in [0.25, 0.3) is 10.8 Å². The van der Waals surface area contributed by atoms with Gasteiger partial charge in [-0.3, -0.25) is 0 Å². The maximum absolute atomic E-state index is 11.5. The summed E-state index contributed by atoms with van der Waals surface area (Å²) in [6, 6.07) is 10.6. The topological polar surface area (TPSA) is 57.2 Å². The molecule has 0 radical (unpaired) electrons. The van der Waals surface area contributed by atoms with Gasteiger partial charge in [0.15, 0.2) is 0 Å². The fourth-order valence-corrected chi connectivity index (χ4v) is 3.82. The van der Waals surface area contributed by atoms with Crippen LogP contribution in [-0.4, -0.2) is 13.0 Å². The summed E-state index contributed by atoms with van der Waals surface area (Å²) in [5.74, 6) is 0. The van der Waals surface area contributed by atoms with E-state index in [0.717, 1.165) is 30.2 Å². The first-order chi connectivity index (χ1) is 11.0. The zero-order valence-corrected chi connectivity index (χ0v) is 17.6. The Labute approximate surface area is 167 Å². The van der Waals surface area contributed by atoms with Gasteiger partial charge >= 0.3 is 29.6 Å². The normalized spacial score (nSPS) is 11.4. The fraction of sp³-hybridized carbons (Fsp3) is 0.474. The summed E-state index contributed by atoms with van der Waals surface area (Å²) in [4.78, 5) is -0.0893. The molecule has 0 spiro atoms. The average molecular weight is 356 g/mol. The molecule has 5 heteroatoms. The van der Waals surface area contributed by atoms with Gasteiger partial charge in [0.25, 0.3) is 0 Å². The monoisotopic (exact) mass is 356 g/mol. The molecule has 126 valence electrons. The molecule has 0 saturated heterocycles. The molecule has 0 bridgehead atoms. The molecule has 0 aromatic heterocycles. The van der Waals surface area contributed by atoms with Crippen molar-refractivity contribution in [2.24, 2.45) is 0 Å². The molecule has 0 amide bonds. The molecular weight excluding hydrogens is 331 g/mol. The first-order valence-corrected chi connectivity index (χ1v) is 9.91. The van der Waals surface area contributed by atoms with E-state index in [9.17, 15) is 13.0 Å². The SMILES string of the molecule is CCCCCCCCCc1cccc2cccc(S(=O)(=O)[O-])c12.[Na+]. The van der Waals surface area contributed by atoms with E-state index in [-0.39, 0.29) is 34.5 Å². The smallest absolute Gasteiger partial charge is 0.744 e. The Kier molecular flexibility index (Phi) is 9.53. The van der Waals surface area contributed by atoms with Crippen LogP contribution >= 0.6 is 0 Å². The van der Waals surface area contributed by atoms with E-state index in [1.54, 1.807) is 6.07 Å². The summed E-state index contributed by atoms with van der Waals surface area (Å²) in [5.41, 5.74) is 0.964. The third-order valence-corrected chi connectivity index (χ3v) is 5.15. The maximum Gasteiger partial charge on any atom is 1.00 e. The van der Waals surface area contributed by atoms with E-state index < -0.39 is 10.1 Å². The zero-order valence-electron chi connectivity index (χ0n) is 14.8. The number of aryl methyl sites for hydroxylation is 1. The van der Waals surface area contributed by atoms with Crippen molar-refractivity contribution in [3.63, 3.8) is 0 Å². The van der Waals surface area contributed by atoms with Crippen molar-refractivity contribution in [2.75, 3.05) is 0 Å². The van der Waals surface area contributed by atoms with Crippen LogP contribution in [0.4, 0.5) is 0 Å². The average Bonchev–Trinajstić information content (AvgIpc) is 2.52. The van der Waals surface area contributed by atoms with Crippen LogP contribution in [0.5, 0.6) is 0 Å². The Morgan fingerprint density at radius 1 is 0.875 bits per heavy atom. The van der Waals surface area contributed by atoms with Gasteiger partial charge in [0.05, 0.1) is 4.90 Å². The van der Waals surface area contributed by atoms with Crippen LogP contribution in [0, 0.1) is 0 Å². The van der Waals surface area contributed by atoms with Gasteiger partial charge in [-0.05, 0) is 29.9 Å². The van der Waals surface area contributed by atoms with Crippen LogP contribution < -0.4 is 29.6 Å². The predicted molar refractivity (Wildman–Crippen MR) is 93.6 cm³/mol. The number of fused-ring (bicyclic) bond motifs is 1. The number of benzene rings is 2. The Morgan fingerprint density at radius 2 is 1.46 bits per heavy atom. The molecule has 0 aliphatic rings. The Morgan fingerprint density at radius 3 is 2.08 bits per heavy atom. The molecule has 0 fully saturated rings. The van der Waals surface area contributed by atoms with Crippen molar-refractivity contribution in [3.8, 4) is 0 Å². The molecule has 2 rings (SSSR count). The van der Waals surface area contributed by atoms with E-state index in [0.29, 0.717) is 5.39 Å². The summed E-state index contributed by atoms with van der Waals surface area (Å²) in [6.45, 7) is 2.21. The standard InChI is InChI=1S/C19H26O3S.Na/c1-2-3-4-5-6-7-8-11-16-12-9-13-17-14-10-15-18(19(16)17)23(20,21)22;/h9-10,12-15H,2-8,11H2,1H3,(H,20,21,22);/q;+1/p-1. The molecule has 0 aliphatic carbocycles. The zero-order chi connectivity index (χ0) is 16.7. The van der Waals surface area contributed by atoms with Crippen molar-refractivity contribution < 1.29 is 42.5 Å². The largest absolute Gasteiger partial charge is 1.00 e. The molecular formula is C19H25NaO3S. The molecule has 0 N–H and O–H groups in total. The van der Waals surface area contributed by atoms with Gasteiger partial charge in [0.2, 0.25) is 0 Å². The van der Waals surface area contributed by atoms with Crippen LogP contribution in [0.1, 0.15) is 57.4 Å². The maximum atomic E-state index is 11.5. The Balaban J connectivity index is 0.00000288. The minimum Gasteiger partial charge on any atom is -0.744 e. The second-order valence-corrected chi connectivity index (χ2v) is 7.44. The van der Waals surface area contributed by atoms with Crippen LogP contribution in [0.3, 0.4) is 0 Å². The van der Waals surface area contributed by atoms with Crippen molar-refractivity contribution in [1.82, 2.24) is 0 Å². The Bertz CT molecular complexity index is 736. The number of hydrogen-bond donors (Lipinski definition) is 0. The van der Waals surface area contributed by atoms with Gasteiger partial charge in [-0.25, -0.2) is 8.42 Å². The molecule has 2 aromatic rings. The van der Waals surface area contributed by atoms with E-state index in [4.69, 9.17) is 0 Å². The molecule has 0 aliphatic heterocycles. The van der Waals surface area contributed by atoms with Crippen molar-refractivity contribution in [3.05, 3.63) is 42.0 Å². The summed E-state index contributed by atoms with van der Waals surface area (Å²) < 4.78 is 34.6. The minimum atomic E-state index is -4.45. The first-order valence-electron chi connectivity index (χ1n) is 8.50. The second-order valence-electron chi connectivity index (χ2n) is 6.10. The minimum absolute atomic E-state index is 0. The molecule has 0 atom stereocenters. The van der Waals surface area contributed by atoms with Gasteiger partial charge < -0.3 is 4.55 Å². The second kappa shape index (κ2) is 10.6. The van der Waals surface area contributed by atoms with Gasteiger partial charge in [0.1, 0.15) is 10.1 Å². The van der Waals surface area contributed by atoms with Gasteiger partial charge in [0, 0.05) is 5.39 Å². The summed E-state index contributed by atoms with van der Waals surface area (Å²) in [6.07, 6.45) is 9.32. The van der Waals surface area contributed by atoms with Gasteiger partial charge in [-0.2, -0.15) is 0 Å². The van der Waals surface area contributed by atoms with Crippen molar-refractivity contribution in [2.45, 2.75) is 63.2 Å². The molecule has 3 nitrogen and oxygen atoms in total. The van der Waals surface area contributed by atoms with Crippen LogP contribution in [0.2, 0.25) is 0 Å². The summed E-state index contributed by atoms with van der Waals surface area (Å²) in [7, 11) is -4.45. The van der Waals surface area contributed by atoms with E-state index >= 15 is 0 Å². The number of rotatable bonds is 9. The fourth-order valence-electron chi connectivity index (χ4n) is 3.07. The number of hydrogen-bond acceptors (Lipinski definition) is 3. The summed E-state index contributed by atoms with van der Waals surface area (Å²) in [5, 5.41) is 1.43. The molecule has 0 saturated carbocycles. The number of unbranched alkanes of at least 4 members (excludes halogenated alkanes) is 6. The predicted octanol–water partition coefficient (Wildman–Crippen LogP) is 2.04. The molecule has 2 aromatic carbocycles. The van der Waals surface area contributed by atoms with Crippen LogP contribution in [0.15, 0.2) is 41.3 Å². The van der Waals surface area contributed by atoms with Crippen molar-refractivity contribution in [1.29, 1.82) is 0 Å². The van der Waals surface area contributed by atoms with Crippen molar-refractivity contribution >= 4 is 20.9 Å².